The first kappa shape index (κ1) is 14.0. The zero-order valence-corrected chi connectivity index (χ0v) is 11.0. The van der Waals surface area contributed by atoms with E-state index < -0.39 is 0 Å². The minimum Gasteiger partial charge on any atom is -0.493 e. The Morgan fingerprint density at radius 1 is 1.29 bits per heavy atom. The van der Waals surface area contributed by atoms with Gasteiger partial charge in [-0.1, -0.05) is 12.1 Å². The lowest BCUT2D eigenvalue weighted by molar-refractivity contribution is 0.0526. The fraction of sp³-hybridized carbons (Fsp3) is 0.571. The summed E-state index contributed by atoms with van der Waals surface area (Å²) in [6, 6.07) is 6.10. The summed E-state index contributed by atoms with van der Waals surface area (Å²) in [5, 5.41) is 0. The Bertz CT molecular complexity index is 339. The molecule has 0 fully saturated rings. The van der Waals surface area contributed by atoms with Gasteiger partial charge in [0, 0.05) is 19.6 Å². The fourth-order valence-electron chi connectivity index (χ4n) is 1.69. The number of hydrogen-bond acceptors (Lipinski definition) is 3. The van der Waals surface area contributed by atoms with Crippen molar-refractivity contribution in [3.05, 3.63) is 29.3 Å². The van der Waals surface area contributed by atoms with Crippen molar-refractivity contribution in [2.24, 2.45) is 5.73 Å². The van der Waals surface area contributed by atoms with Crippen molar-refractivity contribution >= 4 is 0 Å². The van der Waals surface area contributed by atoms with Gasteiger partial charge in [0.2, 0.25) is 0 Å². The minimum atomic E-state index is 0.102. The molecule has 0 saturated carbocycles. The van der Waals surface area contributed by atoms with Crippen molar-refractivity contribution < 1.29 is 9.47 Å². The third-order valence-corrected chi connectivity index (χ3v) is 2.92. The Morgan fingerprint density at radius 3 is 2.71 bits per heavy atom. The van der Waals surface area contributed by atoms with Gasteiger partial charge < -0.3 is 15.2 Å². The topological polar surface area (TPSA) is 44.5 Å². The Labute approximate surface area is 104 Å². The molecule has 0 aliphatic rings. The molecule has 1 aromatic rings. The van der Waals surface area contributed by atoms with E-state index in [0.29, 0.717) is 19.8 Å². The highest BCUT2D eigenvalue weighted by Gasteiger charge is 2.07. The molecule has 1 aromatic carbocycles. The van der Waals surface area contributed by atoms with Crippen molar-refractivity contribution in [2.45, 2.75) is 33.3 Å². The monoisotopic (exact) mass is 237 g/mol. The Balaban J connectivity index is 2.42. The third kappa shape index (κ3) is 4.36. The Hall–Kier alpha value is -1.06. The van der Waals surface area contributed by atoms with Crippen LogP contribution in [0.1, 0.15) is 24.5 Å². The maximum Gasteiger partial charge on any atom is 0.122 e. The Kier molecular flexibility index (Phi) is 6.01. The molecule has 0 bridgehead atoms. The van der Waals surface area contributed by atoms with Crippen LogP contribution in [0.15, 0.2) is 18.2 Å². The van der Waals surface area contributed by atoms with E-state index >= 15 is 0 Å². The van der Waals surface area contributed by atoms with Crippen LogP contribution in [0.4, 0.5) is 0 Å². The van der Waals surface area contributed by atoms with E-state index in [1.807, 2.05) is 19.1 Å². The van der Waals surface area contributed by atoms with Gasteiger partial charge in [-0.25, -0.2) is 0 Å². The van der Waals surface area contributed by atoms with Gasteiger partial charge in [0.25, 0.3) is 0 Å². The predicted molar refractivity (Wildman–Crippen MR) is 70.5 cm³/mol. The lowest BCUT2D eigenvalue weighted by Gasteiger charge is -2.16. The number of hydrogen-bond donors (Lipinski definition) is 1. The van der Waals surface area contributed by atoms with Crippen LogP contribution in [0, 0.1) is 13.8 Å². The van der Waals surface area contributed by atoms with E-state index in [1.54, 1.807) is 0 Å². The van der Waals surface area contributed by atoms with Gasteiger partial charge in [-0.05, 0) is 38.0 Å². The normalized spacial score (nSPS) is 12.5. The van der Waals surface area contributed by atoms with Crippen molar-refractivity contribution in [3.8, 4) is 5.75 Å². The highest BCUT2D eigenvalue weighted by atomic mass is 16.5. The van der Waals surface area contributed by atoms with E-state index in [2.05, 4.69) is 19.9 Å². The first-order chi connectivity index (χ1) is 8.19. The molecule has 0 heterocycles. The molecule has 0 amide bonds. The quantitative estimate of drug-likeness (QED) is 0.792. The van der Waals surface area contributed by atoms with Gasteiger partial charge in [-0.3, -0.25) is 0 Å². The summed E-state index contributed by atoms with van der Waals surface area (Å²) >= 11 is 0. The highest BCUT2D eigenvalue weighted by Crippen LogP contribution is 2.20. The number of benzene rings is 1. The largest absolute Gasteiger partial charge is 0.493 e. The van der Waals surface area contributed by atoms with Crippen LogP contribution in [0.2, 0.25) is 0 Å². The van der Waals surface area contributed by atoms with Crippen LogP contribution < -0.4 is 10.5 Å². The van der Waals surface area contributed by atoms with Crippen molar-refractivity contribution in [3.63, 3.8) is 0 Å². The highest BCUT2D eigenvalue weighted by molar-refractivity contribution is 5.38. The summed E-state index contributed by atoms with van der Waals surface area (Å²) in [7, 11) is 0. The van der Waals surface area contributed by atoms with E-state index in [4.69, 9.17) is 15.2 Å². The smallest absolute Gasteiger partial charge is 0.122 e. The number of nitrogens with two attached hydrogens (primary N) is 1. The van der Waals surface area contributed by atoms with Gasteiger partial charge in [-0.2, -0.15) is 0 Å². The van der Waals surface area contributed by atoms with Gasteiger partial charge in [0.15, 0.2) is 0 Å². The van der Waals surface area contributed by atoms with E-state index in [9.17, 15) is 0 Å². The molecule has 17 heavy (non-hydrogen) atoms. The number of aryl methyl sites for hydroxylation is 1. The van der Waals surface area contributed by atoms with Crippen LogP contribution in [0.5, 0.6) is 5.75 Å². The molecule has 3 nitrogen and oxygen atoms in total. The SMILES string of the molecule is CCOC(CN)CCOc1cccc(C)c1C. The van der Waals surface area contributed by atoms with E-state index in [0.717, 1.165) is 12.2 Å². The molecular weight excluding hydrogens is 214 g/mol. The minimum absolute atomic E-state index is 0.102. The van der Waals surface area contributed by atoms with Gasteiger partial charge in [0.05, 0.1) is 12.7 Å². The van der Waals surface area contributed by atoms with Crippen molar-refractivity contribution in [2.75, 3.05) is 19.8 Å². The van der Waals surface area contributed by atoms with Gasteiger partial charge in [-0.15, -0.1) is 0 Å². The molecule has 2 N–H and O–H groups in total. The van der Waals surface area contributed by atoms with Crippen molar-refractivity contribution in [1.82, 2.24) is 0 Å². The summed E-state index contributed by atoms with van der Waals surface area (Å²) < 4.78 is 11.2. The number of rotatable bonds is 7. The van der Waals surface area contributed by atoms with E-state index in [-0.39, 0.29) is 6.10 Å². The zero-order valence-electron chi connectivity index (χ0n) is 11.0. The second-order valence-corrected chi connectivity index (χ2v) is 4.15. The molecule has 0 aromatic heterocycles. The average Bonchev–Trinajstić information content (AvgIpc) is 2.33. The molecule has 1 rings (SSSR count). The molecule has 0 aliphatic heterocycles. The lowest BCUT2D eigenvalue weighted by atomic mass is 10.1. The lowest BCUT2D eigenvalue weighted by Crippen LogP contribution is -2.25. The summed E-state index contributed by atoms with van der Waals surface area (Å²) in [5.74, 6) is 0.956. The first-order valence-electron chi connectivity index (χ1n) is 6.19. The Morgan fingerprint density at radius 2 is 2.06 bits per heavy atom. The molecule has 1 atom stereocenters. The molecule has 96 valence electrons. The van der Waals surface area contributed by atoms with Crippen LogP contribution in [-0.2, 0) is 4.74 Å². The average molecular weight is 237 g/mol. The second kappa shape index (κ2) is 7.30. The van der Waals surface area contributed by atoms with Crippen LogP contribution >= 0.6 is 0 Å². The van der Waals surface area contributed by atoms with Gasteiger partial charge in [0.1, 0.15) is 5.75 Å². The standard InChI is InChI=1S/C14H23NO2/c1-4-16-13(10-15)8-9-17-14-7-5-6-11(2)12(14)3/h5-7,13H,4,8-10,15H2,1-3H3. The fourth-order valence-corrected chi connectivity index (χ4v) is 1.69. The second-order valence-electron chi connectivity index (χ2n) is 4.15. The summed E-state index contributed by atoms with van der Waals surface area (Å²) in [6.45, 7) is 8.04. The summed E-state index contributed by atoms with van der Waals surface area (Å²) in [4.78, 5) is 0. The third-order valence-electron chi connectivity index (χ3n) is 2.92. The van der Waals surface area contributed by atoms with Crippen LogP contribution in [0.3, 0.4) is 0 Å². The molecule has 0 aliphatic carbocycles. The molecular formula is C14H23NO2. The van der Waals surface area contributed by atoms with Crippen LogP contribution in [0.25, 0.3) is 0 Å². The molecule has 0 saturated heterocycles. The molecule has 1 unspecified atom stereocenters. The zero-order chi connectivity index (χ0) is 12.7. The number of ether oxygens (including phenoxy) is 2. The molecule has 3 heteroatoms. The molecule has 0 radical (unpaired) electrons. The first-order valence-corrected chi connectivity index (χ1v) is 6.19. The molecule has 0 spiro atoms. The summed E-state index contributed by atoms with van der Waals surface area (Å²) in [5.41, 5.74) is 8.07. The van der Waals surface area contributed by atoms with E-state index in [1.165, 1.54) is 11.1 Å². The summed E-state index contributed by atoms with van der Waals surface area (Å²) in [6.07, 6.45) is 0.933. The maximum absolute atomic E-state index is 5.76. The predicted octanol–water partition coefficient (Wildman–Crippen LogP) is 2.44. The maximum atomic E-state index is 5.76. The van der Waals surface area contributed by atoms with Gasteiger partial charge >= 0.3 is 0 Å². The van der Waals surface area contributed by atoms with Crippen LogP contribution in [-0.4, -0.2) is 25.9 Å². The van der Waals surface area contributed by atoms with Crippen molar-refractivity contribution in [1.29, 1.82) is 0 Å².